The fourth-order valence-corrected chi connectivity index (χ4v) is 8.06. The molecule has 1 aliphatic carbocycles. The molecule has 10 nitrogen and oxygen atoms in total. The molecule has 1 unspecified atom stereocenters. The molecular weight excluding hydrogens is 768 g/mol. The van der Waals surface area contributed by atoms with Gasteiger partial charge in [0, 0.05) is 93.1 Å². The molecule has 15 heteroatoms. The second-order valence-corrected chi connectivity index (χ2v) is 16.9. The number of ether oxygens (including phenoxy) is 2. The maximum absolute atomic E-state index is 13.2. The van der Waals surface area contributed by atoms with Gasteiger partial charge in [0.15, 0.2) is 0 Å². The number of aromatic nitrogens is 1. The number of rotatable bonds is 11. The summed E-state index contributed by atoms with van der Waals surface area (Å²) in [6, 6.07) is 12.3. The van der Waals surface area contributed by atoms with E-state index in [4.69, 9.17) is 33.7 Å². The van der Waals surface area contributed by atoms with Crippen molar-refractivity contribution in [3.05, 3.63) is 77.0 Å². The molecule has 0 spiro atoms. The molecule has 0 bridgehead atoms. The third-order valence-electron chi connectivity index (χ3n) is 10.5. The van der Waals surface area contributed by atoms with Crippen LogP contribution in [0.25, 0.3) is 22.0 Å². The summed E-state index contributed by atoms with van der Waals surface area (Å²) in [7, 11) is 0. The molecular formula is C41H51Cl2F3N6O4. The second kappa shape index (κ2) is 17.4. The topological polar surface area (TPSA) is 105 Å². The summed E-state index contributed by atoms with van der Waals surface area (Å²) in [6.07, 6.45) is 2.82. The Morgan fingerprint density at radius 3 is 2.25 bits per heavy atom. The van der Waals surface area contributed by atoms with Gasteiger partial charge in [-0.25, -0.2) is 4.79 Å². The number of nitrogens with two attached hydrogens (primary N) is 1. The van der Waals surface area contributed by atoms with E-state index >= 15 is 0 Å². The molecule has 2 aliphatic heterocycles. The minimum Gasteiger partial charge on any atom is -0.444 e. The zero-order valence-electron chi connectivity index (χ0n) is 32.1. The van der Waals surface area contributed by atoms with Crippen LogP contribution in [0.4, 0.5) is 18.0 Å². The smallest absolute Gasteiger partial charge is 0.444 e. The number of hydrogen-bond acceptors (Lipinski definition) is 7. The highest BCUT2D eigenvalue weighted by Gasteiger charge is 2.39. The van der Waals surface area contributed by atoms with Crippen LogP contribution in [0.2, 0.25) is 0 Å². The molecule has 2 fully saturated rings. The number of nitrogens with one attached hydrogen (secondary N) is 1. The van der Waals surface area contributed by atoms with Crippen molar-refractivity contribution in [2.24, 2.45) is 5.73 Å². The molecule has 304 valence electrons. The van der Waals surface area contributed by atoms with Crippen molar-refractivity contribution in [1.82, 2.24) is 24.6 Å². The maximum Gasteiger partial charge on any atom is 0.573 e. The fourth-order valence-electron chi connectivity index (χ4n) is 7.43. The molecule has 1 aromatic heterocycles. The van der Waals surface area contributed by atoms with E-state index in [-0.39, 0.29) is 17.0 Å². The monoisotopic (exact) mass is 818 g/mol. The number of carbonyl (C=O) groups is 2. The number of halogens is 5. The highest BCUT2D eigenvalue weighted by Crippen LogP contribution is 2.34. The minimum atomic E-state index is -4.78. The van der Waals surface area contributed by atoms with E-state index in [1.165, 1.54) is 12.1 Å². The Kier molecular flexibility index (Phi) is 13.0. The van der Waals surface area contributed by atoms with E-state index in [2.05, 4.69) is 42.6 Å². The van der Waals surface area contributed by atoms with Crippen molar-refractivity contribution < 1.29 is 32.2 Å². The highest BCUT2D eigenvalue weighted by molar-refractivity contribution is 6.33. The molecule has 56 heavy (non-hydrogen) atoms. The van der Waals surface area contributed by atoms with Crippen molar-refractivity contribution in [3.63, 3.8) is 0 Å². The summed E-state index contributed by atoms with van der Waals surface area (Å²) in [5.41, 5.74) is 9.65. The molecule has 3 N–H and O–H groups in total. The number of piperazine rings is 1. The van der Waals surface area contributed by atoms with Crippen LogP contribution in [-0.2, 0) is 22.6 Å². The molecule has 2 amide bonds. The Morgan fingerprint density at radius 2 is 1.62 bits per heavy atom. The Bertz CT molecular complexity index is 1930. The third-order valence-corrected chi connectivity index (χ3v) is 11.3. The first-order chi connectivity index (χ1) is 26.5. The summed E-state index contributed by atoms with van der Waals surface area (Å²) in [5, 5.41) is 4.63. The van der Waals surface area contributed by atoms with Gasteiger partial charge in [-0.1, -0.05) is 35.9 Å². The SMILES string of the molecule is CC(C)(C)OC(=O)N1CCC(N)(C(=O)NCCCn2cc(-c3ccc(OC(F)(F)F)cc3)c3cc(CN4CCN(CC5=C(Cl)C=CCC5Cl)CC4)ccc32)CC1. The van der Waals surface area contributed by atoms with E-state index in [0.717, 1.165) is 83.9 Å². The number of fused-ring (bicyclic) bond motifs is 1. The van der Waals surface area contributed by atoms with Gasteiger partial charge in [-0.05, 0) is 93.5 Å². The number of amides is 2. The summed E-state index contributed by atoms with van der Waals surface area (Å²) >= 11 is 13.0. The van der Waals surface area contributed by atoms with Crippen LogP contribution in [0.15, 0.2) is 71.4 Å². The molecule has 0 radical (unpaired) electrons. The number of piperidine rings is 1. The lowest BCUT2D eigenvalue weighted by atomic mass is 9.88. The van der Waals surface area contributed by atoms with Crippen molar-refractivity contribution in [2.45, 2.75) is 82.4 Å². The Balaban J connectivity index is 1.10. The Morgan fingerprint density at radius 1 is 0.964 bits per heavy atom. The van der Waals surface area contributed by atoms with Gasteiger partial charge in [-0.15, -0.1) is 24.8 Å². The van der Waals surface area contributed by atoms with E-state index < -0.39 is 23.6 Å². The molecule has 1 atom stereocenters. The van der Waals surface area contributed by atoms with Gasteiger partial charge in [-0.2, -0.15) is 0 Å². The van der Waals surface area contributed by atoms with Crippen LogP contribution in [0.5, 0.6) is 5.75 Å². The summed E-state index contributed by atoms with van der Waals surface area (Å²) in [6.45, 7) is 12.1. The van der Waals surface area contributed by atoms with Crippen molar-refractivity contribution in [2.75, 3.05) is 52.4 Å². The molecule has 2 aromatic carbocycles. The molecule has 3 heterocycles. The standard InChI is InChI=1S/C41H51Cl2F3N6O4/c1-39(2,3)56-38(54)51-18-14-40(47,15-19-51)37(53)48-16-5-17-52-27-32(29-9-11-30(12-10-29)55-41(44,45)46)31-24-28(8-13-36(31)52)25-49-20-22-50(23-21-49)26-33-34(42)6-4-7-35(33)43/h4,6,8-13,24,27,35H,5,7,14-23,25-26,47H2,1-3H3,(H,48,53). The third kappa shape index (κ3) is 10.8. The summed E-state index contributed by atoms with van der Waals surface area (Å²) in [4.78, 5) is 32.1. The van der Waals surface area contributed by atoms with Crippen LogP contribution in [0.3, 0.4) is 0 Å². The van der Waals surface area contributed by atoms with Gasteiger partial charge in [0.2, 0.25) is 5.91 Å². The van der Waals surface area contributed by atoms with Gasteiger partial charge in [0.25, 0.3) is 0 Å². The van der Waals surface area contributed by atoms with Gasteiger partial charge >= 0.3 is 12.5 Å². The number of nitrogens with zero attached hydrogens (tertiary/aromatic N) is 4. The summed E-state index contributed by atoms with van der Waals surface area (Å²) in [5.74, 6) is -0.532. The average Bonchev–Trinajstić information content (AvgIpc) is 3.49. The maximum atomic E-state index is 13.2. The zero-order chi connectivity index (χ0) is 40.3. The predicted octanol–water partition coefficient (Wildman–Crippen LogP) is 7.62. The molecule has 3 aromatic rings. The Labute approximate surface area is 336 Å². The van der Waals surface area contributed by atoms with Crippen molar-refractivity contribution in [3.8, 4) is 16.9 Å². The zero-order valence-corrected chi connectivity index (χ0v) is 33.7. The van der Waals surface area contributed by atoms with Gasteiger partial charge in [-0.3, -0.25) is 14.6 Å². The number of carbonyl (C=O) groups excluding carboxylic acids is 2. The lowest BCUT2D eigenvalue weighted by Crippen LogP contribution is -2.60. The number of aryl methyl sites for hydroxylation is 1. The number of hydrogen-bond donors (Lipinski definition) is 2. The first-order valence-electron chi connectivity index (χ1n) is 19.1. The second-order valence-electron chi connectivity index (χ2n) is 15.9. The van der Waals surface area contributed by atoms with Crippen LogP contribution in [0.1, 0.15) is 52.0 Å². The predicted molar refractivity (Wildman–Crippen MR) is 214 cm³/mol. The highest BCUT2D eigenvalue weighted by atomic mass is 35.5. The van der Waals surface area contributed by atoms with E-state index in [1.54, 1.807) is 17.0 Å². The van der Waals surface area contributed by atoms with Gasteiger partial charge < -0.3 is 30.0 Å². The van der Waals surface area contributed by atoms with Gasteiger partial charge in [0.05, 0.1) is 10.9 Å². The van der Waals surface area contributed by atoms with Crippen LogP contribution >= 0.6 is 23.2 Å². The first kappa shape index (κ1) is 41.9. The molecule has 2 saturated heterocycles. The lowest BCUT2D eigenvalue weighted by molar-refractivity contribution is -0.274. The molecule has 6 rings (SSSR count). The number of likely N-dealkylation sites (tertiary alicyclic amines) is 1. The number of benzene rings is 2. The number of alkyl halides is 4. The minimum absolute atomic E-state index is 0.0778. The first-order valence-corrected chi connectivity index (χ1v) is 19.9. The quantitative estimate of drug-likeness (QED) is 0.152. The molecule has 3 aliphatic rings. The van der Waals surface area contributed by atoms with Crippen molar-refractivity contribution >= 4 is 46.1 Å². The lowest BCUT2D eigenvalue weighted by Gasteiger charge is -2.38. The average molecular weight is 820 g/mol. The van der Waals surface area contributed by atoms with Crippen LogP contribution in [0, 0.1) is 0 Å². The van der Waals surface area contributed by atoms with Crippen molar-refractivity contribution in [1.29, 1.82) is 0 Å². The van der Waals surface area contributed by atoms with Gasteiger partial charge in [0.1, 0.15) is 11.4 Å². The summed E-state index contributed by atoms with van der Waals surface area (Å²) < 4.78 is 50.4. The van der Waals surface area contributed by atoms with Crippen LogP contribution < -0.4 is 15.8 Å². The van der Waals surface area contributed by atoms with E-state index in [1.807, 2.05) is 39.1 Å². The normalized spacial score (nSPS) is 19.7. The molecule has 0 saturated carbocycles. The van der Waals surface area contributed by atoms with E-state index in [0.29, 0.717) is 45.4 Å². The largest absolute Gasteiger partial charge is 0.573 e. The Hall–Kier alpha value is -3.75. The number of allylic oxidation sites excluding steroid dienone is 3. The van der Waals surface area contributed by atoms with Crippen LogP contribution in [-0.4, -0.2) is 107 Å². The fraction of sp³-hybridized carbons (Fsp3) is 0.512. The van der Waals surface area contributed by atoms with E-state index in [9.17, 15) is 22.8 Å².